The highest BCUT2D eigenvalue weighted by Crippen LogP contribution is 2.24. The Morgan fingerprint density at radius 1 is 1.19 bits per heavy atom. The summed E-state index contributed by atoms with van der Waals surface area (Å²) < 4.78 is 13.5. The molecule has 0 spiro atoms. The van der Waals surface area contributed by atoms with Crippen molar-refractivity contribution in [3.05, 3.63) is 78.0 Å². The number of nitrogens with zero attached hydrogens (tertiary/aromatic N) is 3. The van der Waals surface area contributed by atoms with Crippen molar-refractivity contribution in [3.8, 4) is 16.5 Å². The van der Waals surface area contributed by atoms with E-state index in [2.05, 4.69) is 26.7 Å². The minimum Gasteiger partial charge on any atom is -0.487 e. The molecule has 0 unspecified atom stereocenters. The summed E-state index contributed by atoms with van der Waals surface area (Å²) in [5.41, 5.74) is 2.06. The summed E-state index contributed by atoms with van der Waals surface area (Å²) in [6.07, 6.45) is 9.37. The fourth-order valence-corrected chi connectivity index (χ4v) is 3.37. The first kappa shape index (κ1) is 16.6. The molecule has 3 aromatic heterocycles. The number of benzene rings is 1. The van der Waals surface area contributed by atoms with Gasteiger partial charge in [-0.15, -0.1) is 11.3 Å². The number of hydrogen-bond donors (Lipinski definition) is 0. The summed E-state index contributed by atoms with van der Waals surface area (Å²) in [5.74, 6) is 1.50. The van der Waals surface area contributed by atoms with Crippen molar-refractivity contribution in [2.24, 2.45) is 0 Å². The van der Waals surface area contributed by atoms with Gasteiger partial charge in [-0.3, -0.25) is 0 Å². The van der Waals surface area contributed by atoms with Crippen LogP contribution >= 0.6 is 11.3 Å². The van der Waals surface area contributed by atoms with Crippen LogP contribution in [0.5, 0.6) is 5.75 Å². The lowest BCUT2D eigenvalue weighted by atomic mass is 10.1. The molecule has 26 heavy (non-hydrogen) atoms. The number of imidazole rings is 1. The predicted molar refractivity (Wildman–Crippen MR) is 101 cm³/mol. The molecule has 1 aromatic carbocycles. The molecule has 0 saturated carbocycles. The minimum absolute atomic E-state index is 0.396. The van der Waals surface area contributed by atoms with Crippen molar-refractivity contribution in [2.75, 3.05) is 0 Å². The van der Waals surface area contributed by atoms with Crippen molar-refractivity contribution in [3.63, 3.8) is 0 Å². The molecule has 4 rings (SSSR count). The number of thiophene rings is 1. The molecule has 0 bridgehead atoms. The summed E-state index contributed by atoms with van der Waals surface area (Å²) >= 11 is 1.61. The van der Waals surface area contributed by atoms with Gasteiger partial charge in [0.25, 0.3) is 0 Å². The molecular weight excluding hydrogens is 346 g/mol. The van der Waals surface area contributed by atoms with Gasteiger partial charge in [-0.25, -0.2) is 9.97 Å². The molecule has 5 nitrogen and oxygen atoms in total. The first-order valence-electron chi connectivity index (χ1n) is 8.52. The third-order valence-corrected chi connectivity index (χ3v) is 4.87. The first-order valence-corrected chi connectivity index (χ1v) is 9.40. The summed E-state index contributed by atoms with van der Waals surface area (Å²) in [7, 11) is 0. The van der Waals surface area contributed by atoms with Crippen LogP contribution in [0.2, 0.25) is 0 Å². The van der Waals surface area contributed by atoms with E-state index in [1.807, 2.05) is 48.4 Å². The Kier molecular flexibility index (Phi) is 5.12. The van der Waals surface area contributed by atoms with Crippen molar-refractivity contribution in [1.82, 2.24) is 14.5 Å². The molecule has 0 aliphatic rings. The Morgan fingerprint density at radius 2 is 2.19 bits per heavy atom. The van der Waals surface area contributed by atoms with Crippen molar-refractivity contribution >= 4 is 11.3 Å². The Bertz CT molecular complexity index is 930. The van der Waals surface area contributed by atoms with E-state index in [1.54, 1.807) is 17.6 Å². The van der Waals surface area contributed by atoms with E-state index in [0.29, 0.717) is 12.5 Å². The summed E-state index contributed by atoms with van der Waals surface area (Å²) in [4.78, 5) is 9.57. The van der Waals surface area contributed by atoms with Crippen LogP contribution in [-0.4, -0.2) is 14.5 Å². The highest BCUT2D eigenvalue weighted by molar-refractivity contribution is 7.13. The zero-order chi connectivity index (χ0) is 17.6. The number of ether oxygens (including phenoxy) is 1. The van der Waals surface area contributed by atoms with Crippen LogP contribution in [0.1, 0.15) is 17.7 Å². The maximum atomic E-state index is 5.88. The van der Waals surface area contributed by atoms with Gasteiger partial charge in [0.2, 0.25) is 5.89 Å². The lowest BCUT2D eigenvalue weighted by Crippen LogP contribution is -1.98. The second kappa shape index (κ2) is 8.01. The molecule has 6 heteroatoms. The van der Waals surface area contributed by atoms with Gasteiger partial charge in [0.05, 0.1) is 11.2 Å². The van der Waals surface area contributed by atoms with Crippen LogP contribution in [0.25, 0.3) is 10.8 Å². The Hall–Kier alpha value is -2.86. The molecule has 0 aliphatic carbocycles. The molecule has 0 N–H and O–H groups in total. The Labute approximate surface area is 155 Å². The van der Waals surface area contributed by atoms with Crippen molar-refractivity contribution in [1.29, 1.82) is 0 Å². The number of rotatable bonds is 8. The van der Waals surface area contributed by atoms with Gasteiger partial charge in [0.15, 0.2) is 0 Å². The van der Waals surface area contributed by atoms with Gasteiger partial charge in [0.1, 0.15) is 24.3 Å². The lowest BCUT2D eigenvalue weighted by molar-refractivity contribution is 0.300. The maximum absolute atomic E-state index is 5.88. The normalized spacial score (nSPS) is 10.9. The molecule has 0 saturated heterocycles. The van der Waals surface area contributed by atoms with Crippen LogP contribution < -0.4 is 4.74 Å². The van der Waals surface area contributed by atoms with Gasteiger partial charge in [-0.05, 0) is 42.0 Å². The van der Waals surface area contributed by atoms with E-state index < -0.39 is 0 Å². The summed E-state index contributed by atoms with van der Waals surface area (Å²) in [6.45, 7) is 1.36. The zero-order valence-electron chi connectivity index (χ0n) is 14.2. The highest BCUT2D eigenvalue weighted by Gasteiger charge is 2.08. The average molecular weight is 365 g/mol. The van der Waals surface area contributed by atoms with Crippen LogP contribution in [-0.2, 0) is 19.6 Å². The van der Waals surface area contributed by atoms with Crippen LogP contribution in [0.15, 0.2) is 71.2 Å². The smallest absolute Gasteiger partial charge is 0.236 e. The standard InChI is InChI=1S/C20H19N3O2S/c1-4-16(5-2-9-23-10-8-21-15-23)12-18(6-1)24-13-17-14-25-20(22-17)19-7-3-11-26-19/h1,3-4,6-8,10-12,14-15H,2,5,9,13H2. The average Bonchev–Trinajstić information content (AvgIpc) is 3.41. The van der Waals surface area contributed by atoms with Crippen LogP contribution in [0, 0.1) is 0 Å². The molecule has 4 aromatic rings. The van der Waals surface area contributed by atoms with E-state index in [1.165, 1.54) is 5.56 Å². The van der Waals surface area contributed by atoms with E-state index in [0.717, 1.165) is 35.7 Å². The molecule has 3 heterocycles. The topological polar surface area (TPSA) is 53.1 Å². The fraction of sp³-hybridized carbons (Fsp3) is 0.200. The quantitative estimate of drug-likeness (QED) is 0.449. The van der Waals surface area contributed by atoms with E-state index >= 15 is 0 Å². The first-order chi connectivity index (χ1) is 12.9. The second-order valence-corrected chi connectivity index (χ2v) is 6.91. The number of oxazole rings is 1. The minimum atomic E-state index is 0.396. The Balaban J connectivity index is 1.31. The van der Waals surface area contributed by atoms with Crippen molar-refractivity contribution in [2.45, 2.75) is 26.0 Å². The molecule has 0 amide bonds. The molecule has 0 fully saturated rings. The van der Waals surface area contributed by atoms with Crippen LogP contribution in [0.3, 0.4) is 0 Å². The van der Waals surface area contributed by atoms with Gasteiger partial charge in [-0.1, -0.05) is 18.2 Å². The number of hydrogen-bond acceptors (Lipinski definition) is 5. The van der Waals surface area contributed by atoms with Gasteiger partial charge in [0, 0.05) is 18.9 Å². The van der Waals surface area contributed by atoms with Gasteiger partial charge < -0.3 is 13.7 Å². The van der Waals surface area contributed by atoms with E-state index in [9.17, 15) is 0 Å². The SMILES string of the molecule is c1cc(CCCn2ccnc2)cc(OCc2coc(-c3cccs3)n2)c1. The third-order valence-electron chi connectivity index (χ3n) is 4.01. The summed E-state index contributed by atoms with van der Waals surface area (Å²) in [6, 6.07) is 12.2. The van der Waals surface area contributed by atoms with Gasteiger partial charge in [-0.2, -0.15) is 0 Å². The largest absolute Gasteiger partial charge is 0.487 e. The third kappa shape index (κ3) is 4.21. The zero-order valence-corrected chi connectivity index (χ0v) is 15.1. The molecule has 0 atom stereocenters. The molecular formula is C20H19N3O2S. The van der Waals surface area contributed by atoms with E-state index in [4.69, 9.17) is 9.15 Å². The molecule has 132 valence electrons. The molecule has 0 radical (unpaired) electrons. The number of aryl methyl sites for hydroxylation is 2. The summed E-state index contributed by atoms with van der Waals surface area (Å²) in [5, 5.41) is 2.01. The lowest BCUT2D eigenvalue weighted by Gasteiger charge is -2.07. The van der Waals surface area contributed by atoms with Crippen molar-refractivity contribution < 1.29 is 9.15 Å². The highest BCUT2D eigenvalue weighted by atomic mass is 32.1. The fourth-order valence-electron chi connectivity index (χ4n) is 2.72. The van der Waals surface area contributed by atoms with E-state index in [-0.39, 0.29) is 0 Å². The molecule has 0 aliphatic heterocycles. The monoisotopic (exact) mass is 365 g/mol. The second-order valence-electron chi connectivity index (χ2n) is 5.96. The van der Waals surface area contributed by atoms with Crippen LogP contribution in [0.4, 0.5) is 0 Å². The van der Waals surface area contributed by atoms with Gasteiger partial charge >= 0.3 is 0 Å². The Morgan fingerprint density at radius 3 is 3.04 bits per heavy atom. The number of aromatic nitrogens is 3. The maximum Gasteiger partial charge on any atom is 0.236 e. The predicted octanol–water partition coefficient (Wildman–Crippen LogP) is 4.81.